The van der Waals surface area contributed by atoms with E-state index in [1.54, 1.807) is 0 Å². The van der Waals surface area contributed by atoms with Crippen molar-refractivity contribution in [2.75, 3.05) is 6.54 Å². The summed E-state index contributed by atoms with van der Waals surface area (Å²) < 4.78 is 0. The highest BCUT2D eigenvalue weighted by atomic mass is 16.4. The monoisotopic (exact) mass is 286 g/mol. The summed E-state index contributed by atoms with van der Waals surface area (Å²) in [6, 6.07) is 0.604. The molecule has 20 heavy (non-hydrogen) atoms. The number of carboxylic acid groups (broad SMARTS) is 2. The van der Waals surface area contributed by atoms with Gasteiger partial charge in [-0.2, -0.15) is 0 Å². The molecule has 0 bridgehead atoms. The number of hydrogen-bond acceptors (Lipinski definition) is 4. The normalized spacial score (nSPS) is 26.1. The van der Waals surface area contributed by atoms with Crippen LogP contribution in [0.1, 0.15) is 51.4 Å². The van der Waals surface area contributed by atoms with Gasteiger partial charge in [-0.05, 0) is 31.6 Å². The van der Waals surface area contributed by atoms with Gasteiger partial charge in [0.25, 0.3) is 0 Å². The third-order valence-electron chi connectivity index (χ3n) is 4.05. The van der Waals surface area contributed by atoms with Crippen molar-refractivity contribution in [2.45, 2.75) is 63.5 Å². The molecule has 6 heteroatoms. The van der Waals surface area contributed by atoms with Crippen LogP contribution in [0.3, 0.4) is 0 Å². The van der Waals surface area contributed by atoms with Gasteiger partial charge in [0, 0.05) is 18.5 Å². The maximum absolute atomic E-state index is 10.2. The van der Waals surface area contributed by atoms with Crippen LogP contribution in [0.4, 0.5) is 0 Å². The molecule has 0 saturated heterocycles. The van der Waals surface area contributed by atoms with E-state index in [9.17, 15) is 9.59 Å². The molecular weight excluding hydrogens is 260 g/mol. The molecule has 2 rings (SSSR count). The second-order valence-corrected chi connectivity index (χ2v) is 5.71. The van der Waals surface area contributed by atoms with Gasteiger partial charge in [0.2, 0.25) is 0 Å². The third kappa shape index (κ3) is 6.86. The zero-order chi connectivity index (χ0) is 15.0. The van der Waals surface area contributed by atoms with Crippen LogP contribution in [0.5, 0.6) is 0 Å². The van der Waals surface area contributed by atoms with Gasteiger partial charge < -0.3 is 21.3 Å². The largest absolute Gasteiger partial charge is 0.481 e. The maximum atomic E-state index is 10.2. The zero-order valence-electron chi connectivity index (χ0n) is 11.9. The molecule has 6 nitrogen and oxygen atoms in total. The Morgan fingerprint density at radius 3 is 2.10 bits per heavy atom. The molecule has 0 aliphatic heterocycles. The summed E-state index contributed by atoms with van der Waals surface area (Å²) in [6.07, 6.45) is 8.13. The highest BCUT2D eigenvalue weighted by Crippen LogP contribution is 2.26. The number of rotatable bonds is 5. The topological polar surface area (TPSA) is 113 Å². The first-order chi connectivity index (χ1) is 9.49. The molecule has 0 heterocycles. The SMILES string of the molecule is NC1CCCC1CC(=O)O.O=C(O)CNC1CCCC1. The Morgan fingerprint density at radius 1 is 1.00 bits per heavy atom. The minimum atomic E-state index is -0.757. The van der Waals surface area contributed by atoms with Crippen LogP contribution >= 0.6 is 0 Å². The predicted octanol–water partition coefficient (Wildman–Crippen LogP) is 1.19. The second kappa shape index (κ2) is 8.92. The Hall–Kier alpha value is -1.14. The highest BCUT2D eigenvalue weighted by Gasteiger charge is 2.25. The molecule has 0 aromatic carbocycles. The smallest absolute Gasteiger partial charge is 0.317 e. The zero-order valence-corrected chi connectivity index (χ0v) is 11.9. The molecule has 116 valence electrons. The van der Waals surface area contributed by atoms with E-state index in [-0.39, 0.29) is 24.9 Å². The van der Waals surface area contributed by atoms with Crippen molar-refractivity contribution >= 4 is 11.9 Å². The van der Waals surface area contributed by atoms with Crippen LogP contribution < -0.4 is 11.1 Å². The fourth-order valence-corrected chi connectivity index (χ4v) is 2.90. The molecule has 0 radical (unpaired) electrons. The Kier molecular flexibility index (Phi) is 7.54. The lowest BCUT2D eigenvalue weighted by Gasteiger charge is -2.11. The Balaban J connectivity index is 0.000000200. The van der Waals surface area contributed by atoms with Crippen LogP contribution in [-0.2, 0) is 9.59 Å². The summed E-state index contributed by atoms with van der Waals surface area (Å²) in [5.41, 5.74) is 5.66. The van der Waals surface area contributed by atoms with E-state index in [0.717, 1.165) is 32.1 Å². The number of hydrogen-bond donors (Lipinski definition) is 4. The standard InChI is InChI=1S/2C7H13NO2/c8-6-3-1-2-5(6)4-7(9)10;9-7(10)5-8-6-3-1-2-4-6/h5-6H,1-4,8H2,(H,9,10);6,8H,1-5H2,(H,9,10). The maximum Gasteiger partial charge on any atom is 0.317 e. The molecule has 2 fully saturated rings. The van der Waals surface area contributed by atoms with Crippen molar-refractivity contribution in [1.29, 1.82) is 0 Å². The number of carbonyl (C=O) groups is 2. The van der Waals surface area contributed by atoms with Gasteiger partial charge in [0.1, 0.15) is 0 Å². The van der Waals surface area contributed by atoms with Crippen LogP contribution in [0, 0.1) is 5.92 Å². The average molecular weight is 286 g/mol. The quantitative estimate of drug-likeness (QED) is 0.604. The first kappa shape index (κ1) is 16.9. The Bertz CT molecular complexity index is 316. The molecule has 2 unspecified atom stereocenters. The lowest BCUT2D eigenvalue weighted by molar-refractivity contribution is -0.138. The first-order valence-electron chi connectivity index (χ1n) is 7.41. The summed E-state index contributed by atoms with van der Waals surface area (Å²) in [5, 5.41) is 19.7. The van der Waals surface area contributed by atoms with E-state index in [0.29, 0.717) is 6.04 Å². The summed E-state index contributed by atoms with van der Waals surface area (Å²) in [6.45, 7) is 0.116. The molecule has 2 saturated carbocycles. The fraction of sp³-hybridized carbons (Fsp3) is 0.857. The molecule has 0 spiro atoms. The summed E-state index contributed by atoms with van der Waals surface area (Å²) in [4.78, 5) is 20.3. The first-order valence-corrected chi connectivity index (χ1v) is 7.41. The average Bonchev–Trinajstić information content (AvgIpc) is 3.00. The van der Waals surface area contributed by atoms with Gasteiger partial charge in [-0.25, -0.2) is 0 Å². The molecule has 0 aromatic heterocycles. The van der Waals surface area contributed by atoms with Gasteiger partial charge in [0.05, 0.1) is 6.54 Å². The molecule has 0 amide bonds. The summed E-state index contributed by atoms with van der Waals surface area (Å²) in [5.74, 6) is -1.24. The van der Waals surface area contributed by atoms with Crippen LogP contribution in [-0.4, -0.2) is 40.8 Å². The van der Waals surface area contributed by atoms with Gasteiger partial charge in [-0.1, -0.05) is 19.3 Å². The van der Waals surface area contributed by atoms with Crippen molar-refractivity contribution in [3.8, 4) is 0 Å². The predicted molar refractivity (Wildman–Crippen MR) is 75.5 cm³/mol. The molecule has 0 aromatic rings. The van der Waals surface area contributed by atoms with Crippen LogP contribution in [0.15, 0.2) is 0 Å². The van der Waals surface area contributed by atoms with Gasteiger partial charge in [-0.3, -0.25) is 9.59 Å². The molecule has 2 aliphatic carbocycles. The van der Waals surface area contributed by atoms with E-state index in [4.69, 9.17) is 15.9 Å². The number of carboxylic acids is 2. The highest BCUT2D eigenvalue weighted by molar-refractivity contribution is 5.69. The van der Waals surface area contributed by atoms with Crippen molar-refractivity contribution in [3.63, 3.8) is 0 Å². The lowest BCUT2D eigenvalue weighted by atomic mass is 10.0. The molecule has 2 aliphatic rings. The minimum Gasteiger partial charge on any atom is -0.481 e. The Morgan fingerprint density at radius 2 is 1.65 bits per heavy atom. The molecular formula is C14H26N2O4. The van der Waals surface area contributed by atoms with E-state index >= 15 is 0 Å². The summed E-state index contributed by atoms with van der Waals surface area (Å²) in [7, 11) is 0. The number of nitrogens with two attached hydrogens (primary N) is 1. The Labute approximate surface area is 119 Å². The van der Waals surface area contributed by atoms with Gasteiger partial charge in [-0.15, -0.1) is 0 Å². The number of nitrogens with one attached hydrogen (secondary N) is 1. The van der Waals surface area contributed by atoms with Crippen molar-refractivity contribution in [3.05, 3.63) is 0 Å². The third-order valence-corrected chi connectivity index (χ3v) is 4.05. The van der Waals surface area contributed by atoms with E-state index in [1.165, 1.54) is 12.8 Å². The van der Waals surface area contributed by atoms with E-state index < -0.39 is 11.9 Å². The van der Waals surface area contributed by atoms with Crippen molar-refractivity contribution < 1.29 is 19.8 Å². The lowest BCUT2D eigenvalue weighted by Crippen LogP contribution is -2.31. The molecule has 5 N–H and O–H groups in total. The van der Waals surface area contributed by atoms with Gasteiger partial charge in [0.15, 0.2) is 0 Å². The minimum absolute atomic E-state index is 0.116. The van der Waals surface area contributed by atoms with Gasteiger partial charge >= 0.3 is 11.9 Å². The fourth-order valence-electron chi connectivity index (χ4n) is 2.90. The second-order valence-electron chi connectivity index (χ2n) is 5.71. The van der Waals surface area contributed by atoms with Crippen LogP contribution in [0.25, 0.3) is 0 Å². The summed E-state index contributed by atoms with van der Waals surface area (Å²) >= 11 is 0. The van der Waals surface area contributed by atoms with Crippen molar-refractivity contribution in [2.24, 2.45) is 11.7 Å². The van der Waals surface area contributed by atoms with Crippen molar-refractivity contribution in [1.82, 2.24) is 5.32 Å². The molecule has 2 atom stereocenters. The number of aliphatic carboxylic acids is 2. The van der Waals surface area contributed by atoms with E-state index in [1.807, 2.05) is 0 Å². The van der Waals surface area contributed by atoms with E-state index in [2.05, 4.69) is 5.32 Å². The van der Waals surface area contributed by atoms with Crippen LogP contribution in [0.2, 0.25) is 0 Å².